The van der Waals surface area contributed by atoms with Gasteiger partial charge in [-0.2, -0.15) is 5.26 Å². The predicted octanol–water partition coefficient (Wildman–Crippen LogP) is 3.32. The van der Waals surface area contributed by atoms with Crippen molar-refractivity contribution in [3.63, 3.8) is 0 Å². The van der Waals surface area contributed by atoms with E-state index in [0.29, 0.717) is 12.8 Å². The average Bonchev–Trinajstić information content (AvgIpc) is 2.75. The molecule has 7 nitrogen and oxygen atoms in total. The zero-order chi connectivity index (χ0) is 22.3. The number of nitrogens with zero attached hydrogens (tertiary/aromatic N) is 2. The summed E-state index contributed by atoms with van der Waals surface area (Å²) in [6.45, 7) is 3.04. The molecular formula is C22H28ClN3O4. The van der Waals surface area contributed by atoms with Crippen LogP contribution in [0.15, 0.2) is 24.3 Å². The zero-order valence-electron chi connectivity index (χ0n) is 17.6. The fourth-order valence-electron chi connectivity index (χ4n) is 3.58. The topological polar surface area (TPSA) is 99.5 Å². The number of hydrogen-bond acceptors (Lipinski definition) is 5. The summed E-state index contributed by atoms with van der Waals surface area (Å²) in [6, 6.07) is 7.86. The average molecular weight is 434 g/mol. The second-order valence-electron chi connectivity index (χ2n) is 7.94. The highest BCUT2D eigenvalue weighted by Crippen LogP contribution is 2.32. The van der Waals surface area contributed by atoms with Crippen LogP contribution >= 0.6 is 11.6 Å². The predicted molar refractivity (Wildman–Crippen MR) is 113 cm³/mol. The summed E-state index contributed by atoms with van der Waals surface area (Å²) in [7, 11) is 1.57. The van der Waals surface area contributed by atoms with Crippen LogP contribution in [0.25, 0.3) is 0 Å². The highest BCUT2D eigenvalue weighted by molar-refractivity contribution is 6.33. The minimum absolute atomic E-state index is 0.252. The van der Waals surface area contributed by atoms with Crippen LogP contribution in [0.5, 0.6) is 0 Å². The Morgan fingerprint density at radius 2 is 1.87 bits per heavy atom. The van der Waals surface area contributed by atoms with Gasteiger partial charge in [-0.15, -0.1) is 0 Å². The van der Waals surface area contributed by atoms with Crippen LogP contribution in [-0.2, 0) is 14.3 Å². The number of benzene rings is 1. The number of rotatable bonds is 7. The highest BCUT2D eigenvalue weighted by atomic mass is 35.5. The van der Waals surface area contributed by atoms with Crippen LogP contribution in [0, 0.1) is 17.2 Å². The third-order valence-electron chi connectivity index (χ3n) is 5.57. The molecule has 30 heavy (non-hydrogen) atoms. The maximum atomic E-state index is 12.6. The van der Waals surface area contributed by atoms with E-state index in [-0.39, 0.29) is 16.5 Å². The number of ether oxygens (including phenoxy) is 1. The minimum atomic E-state index is -0.938. The number of hydrogen-bond donors (Lipinski definition) is 1. The third kappa shape index (κ3) is 5.51. The quantitative estimate of drug-likeness (QED) is 0.665. The fraction of sp³-hybridized carbons (Fsp3) is 0.545. The highest BCUT2D eigenvalue weighted by Gasteiger charge is 2.39. The monoisotopic (exact) mass is 433 g/mol. The van der Waals surface area contributed by atoms with E-state index in [1.807, 2.05) is 0 Å². The number of likely N-dealkylation sites (N-methyl/N-ethyl adjacent to an activating group) is 1. The van der Waals surface area contributed by atoms with Crippen molar-refractivity contribution < 1.29 is 19.1 Å². The molecule has 2 rings (SSSR count). The lowest BCUT2D eigenvalue weighted by Gasteiger charge is -2.38. The lowest BCUT2D eigenvalue weighted by molar-refractivity contribution is -0.155. The van der Waals surface area contributed by atoms with Crippen molar-refractivity contribution in [3.05, 3.63) is 34.9 Å². The molecule has 1 aromatic carbocycles. The molecule has 2 amide bonds. The molecule has 1 N–H and O–H groups in total. The van der Waals surface area contributed by atoms with E-state index in [1.165, 1.54) is 4.90 Å². The normalized spacial score (nSPS) is 16.3. The van der Waals surface area contributed by atoms with Gasteiger partial charge in [0.15, 0.2) is 6.61 Å². The van der Waals surface area contributed by atoms with Gasteiger partial charge in [-0.05, 0) is 30.9 Å². The van der Waals surface area contributed by atoms with Crippen LogP contribution in [0.3, 0.4) is 0 Å². The molecule has 0 radical (unpaired) electrons. The van der Waals surface area contributed by atoms with Gasteiger partial charge in [0.25, 0.3) is 11.8 Å². The molecule has 0 heterocycles. The lowest BCUT2D eigenvalue weighted by atomic mass is 9.81. The summed E-state index contributed by atoms with van der Waals surface area (Å²) in [5, 5.41) is 12.5. The second kappa shape index (κ2) is 10.4. The molecule has 0 spiro atoms. The van der Waals surface area contributed by atoms with E-state index in [9.17, 15) is 19.6 Å². The summed E-state index contributed by atoms with van der Waals surface area (Å²) >= 11 is 6.05. The molecule has 0 aliphatic heterocycles. The first-order chi connectivity index (χ1) is 14.2. The van der Waals surface area contributed by atoms with Gasteiger partial charge in [0.2, 0.25) is 0 Å². The molecule has 1 aliphatic carbocycles. The number of nitriles is 1. The van der Waals surface area contributed by atoms with Crippen molar-refractivity contribution >= 4 is 29.4 Å². The van der Waals surface area contributed by atoms with E-state index < -0.39 is 36.0 Å². The van der Waals surface area contributed by atoms with E-state index >= 15 is 0 Å². The van der Waals surface area contributed by atoms with Crippen molar-refractivity contribution in [2.24, 2.45) is 5.92 Å². The van der Waals surface area contributed by atoms with Crippen molar-refractivity contribution in [2.75, 3.05) is 13.7 Å². The molecule has 0 bridgehead atoms. The van der Waals surface area contributed by atoms with E-state index in [1.54, 1.807) is 45.2 Å². The maximum Gasteiger partial charge on any atom is 0.329 e. The Bertz CT molecular complexity index is 828. The SMILES string of the molecule is CC(C)[C@H](NC(=O)c1ccccc1Cl)C(=O)OCC(=O)N(C)C1(C#N)CCCCC1. The van der Waals surface area contributed by atoms with Gasteiger partial charge in [0.1, 0.15) is 11.6 Å². The smallest absolute Gasteiger partial charge is 0.329 e. The van der Waals surface area contributed by atoms with Gasteiger partial charge in [0.05, 0.1) is 16.7 Å². The largest absolute Gasteiger partial charge is 0.454 e. The van der Waals surface area contributed by atoms with Crippen molar-refractivity contribution in [1.29, 1.82) is 5.26 Å². The summed E-state index contributed by atoms with van der Waals surface area (Å²) in [4.78, 5) is 39.1. The first kappa shape index (κ1) is 23.7. The Kier molecular flexibility index (Phi) is 8.24. The number of halogens is 1. The van der Waals surface area contributed by atoms with Crippen LogP contribution in [0.4, 0.5) is 0 Å². The maximum absolute atomic E-state index is 12.6. The molecule has 0 saturated heterocycles. The molecule has 1 saturated carbocycles. The first-order valence-corrected chi connectivity index (χ1v) is 10.5. The number of esters is 1. The first-order valence-electron chi connectivity index (χ1n) is 10.1. The molecule has 0 unspecified atom stereocenters. The van der Waals surface area contributed by atoms with Gasteiger partial charge in [-0.3, -0.25) is 9.59 Å². The zero-order valence-corrected chi connectivity index (χ0v) is 18.4. The summed E-state index contributed by atoms with van der Waals surface area (Å²) in [5.41, 5.74) is -0.598. The Morgan fingerprint density at radius 1 is 1.23 bits per heavy atom. The van der Waals surface area contributed by atoms with Crippen LogP contribution in [0.1, 0.15) is 56.3 Å². The van der Waals surface area contributed by atoms with Gasteiger partial charge in [-0.25, -0.2) is 4.79 Å². The van der Waals surface area contributed by atoms with Crippen LogP contribution < -0.4 is 5.32 Å². The molecule has 8 heteroatoms. The van der Waals surface area contributed by atoms with Gasteiger partial charge < -0.3 is 15.0 Å². The number of carbonyl (C=O) groups excluding carboxylic acids is 3. The Labute approximate surface area is 182 Å². The van der Waals surface area contributed by atoms with E-state index in [4.69, 9.17) is 16.3 Å². The summed E-state index contributed by atoms with van der Waals surface area (Å²) < 4.78 is 5.21. The number of amides is 2. The molecule has 1 aromatic rings. The van der Waals surface area contributed by atoms with Crippen molar-refractivity contribution in [1.82, 2.24) is 10.2 Å². The standard InChI is InChI=1S/C22H28ClN3O4/c1-15(2)19(25-20(28)16-9-5-6-10-17(16)23)21(29)30-13-18(27)26(3)22(14-24)11-7-4-8-12-22/h5-6,9-10,15,19H,4,7-8,11-13H2,1-3H3,(H,25,28)/t19-/m0/s1. The summed E-state index contributed by atoms with van der Waals surface area (Å²) in [5.74, 6) is -1.90. The van der Waals surface area contributed by atoms with E-state index in [0.717, 1.165) is 19.3 Å². The van der Waals surface area contributed by atoms with Gasteiger partial charge in [-0.1, -0.05) is 56.8 Å². The van der Waals surface area contributed by atoms with Crippen molar-refractivity contribution in [3.8, 4) is 6.07 Å². The molecule has 1 fully saturated rings. The molecule has 1 aliphatic rings. The molecule has 0 aromatic heterocycles. The third-order valence-corrected chi connectivity index (χ3v) is 5.90. The second-order valence-corrected chi connectivity index (χ2v) is 8.35. The Morgan fingerprint density at radius 3 is 2.43 bits per heavy atom. The van der Waals surface area contributed by atoms with Gasteiger partial charge in [0, 0.05) is 7.05 Å². The Balaban J connectivity index is 1.99. The summed E-state index contributed by atoms with van der Waals surface area (Å²) in [6.07, 6.45) is 4.04. The fourth-order valence-corrected chi connectivity index (χ4v) is 3.80. The number of nitrogens with one attached hydrogen (secondary N) is 1. The van der Waals surface area contributed by atoms with Gasteiger partial charge >= 0.3 is 5.97 Å². The minimum Gasteiger partial charge on any atom is -0.454 e. The lowest BCUT2D eigenvalue weighted by Crippen LogP contribution is -2.52. The van der Waals surface area contributed by atoms with Crippen LogP contribution in [-0.4, -0.2) is 47.9 Å². The molecule has 162 valence electrons. The van der Waals surface area contributed by atoms with Crippen LogP contribution in [0.2, 0.25) is 5.02 Å². The van der Waals surface area contributed by atoms with Crippen molar-refractivity contribution in [2.45, 2.75) is 57.5 Å². The molecule has 1 atom stereocenters. The Hall–Kier alpha value is -2.59. The van der Waals surface area contributed by atoms with E-state index in [2.05, 4.69) is 11.4 Å². The molecular weight excluding hydrogens is 406 g/mol. The number of carbonyl (C=O) groups is 3.